The normalized spacial score (nSPS) is 12.8. The first-order chi connectivity index (χ1) is 8.93. The number of hydrogen-bond donors (Lipinski definition) is 2. The first-order valence-corrected chi connectivity index (χ1v) is 7.14. The topological polar surface area (TPSA) is 36.4 Å². The minimum absolute atomic E-state index is 0. The summed E-state index contributed by atoms with van der Waals surface area (Å²) in [6, 6.07) is 5.42. The van der Waals surface area contributed by atoms with Gasteiger partial charge in [0.25, 0.3) is 0 Å². The lowest BCUT2D eigenvalue weighted by molar-refractivity contribution is 0.481. The summed E-state index contributed by atoms with van der Waals surface area (Å²) >= 11 is 3.14. The minimum Gasteiger partial charge on any atom is -0.354 e. The Labute approximate surface area is 146 Å². The third-order valence-electron chi connectivity index (χ3n) is 3.03. The van der Waals surface area contributed by atoms with Crippen molar-refractivity contribution in [3.63, 3.8) is 0 Å². The van der Waals surface area contributed by atoms with Crippen LogP contribution >= 0.6 is 39.9 Å². The molecular formula is C14H22BrFIN3. The van der Waals surface area contributed by atoms with Crippen LogP contribution in [0.3, 0.4) is 0 Å². The molecule has 3 nitrogen and oxygen atoms in total. The molecule has 0 fully saturated rings. The van der Waals surface area contributed by atoms with Gasteiger partial charge in [-0.25, -0.2) is 4.39 Å². The predicted octanol–water partition coefficient (Wildman–Crippen LogP) is 3.92. The smallest absolute Gasteiger partial charge is 0.191 e. The van der Waals surface area contributed by atoms with Crippen LogP contribution < -0.4 is 10.6 Å². The van der Waals surface area contributed by atoms with Crippen molar-refractivity contribution >= 4 is 45.9 Å². The second-order valence-electron chi connectivity index (χ2n) is 4.85. The molecule has 0 bridgehead atoms. The highest BCUT2D eigenvalue weighted by Crippen LogP contribution is 2.16. The van der Waals surface area contributed by atoms with Crippen molar-refractivity contribution in [1.82, 2.24) is 10.6 Å². The Morgan fingerprint density at radius 3 is 2.50 bits per heavy atom. The van der Waals surface area contributed by atoms with Gasteiger partial charge in [0.05, 0.1) is 4.47 Å². The lowest BCUT2D eigenvalue weighted by atomic mass is 10.1. The average molecular weight is 458 g/mol. The molecule has 114 valence electrons. The molecule has 0 spiro atoms. The molecule has 0 aliphatic heterocycles. The van der Waals surface area contributed by atoms with Crippen molar-refractivity contribution < 1.29 is 4.39 Å². The van der Waals surface area contributed by atoms with E-state index < -0.39 is 0 Å². The molecule has 1 aromatic carbocycles. The summed E-state index contributed by atoms with van der Waals surface area (Å²) < 4.78 is 13.9. The number of nitrogens with zero attached hydrogens (tertiary/aromatic N) is 1. The molecule has 1 aromatic rings. The zero-order valence-electron chi connectivity index (χ0n) is 12.2. The van der Waals surface area contributed by atoms with Gasteiger partial charge >= 0.3 is 0 Å². The van der Waals surface area contributed by atoms with E-state index in [2.05, 4.69) is 52.3 Å². The summed E-state index contributed by atoms with van der Waals surface area (Å²) in [5, 5.41) is 6.47. The van der Waals surface area contributed by atoms with E-state index in [4.69, 9.17) is 0 Å². The van der Waals surface area contributed by atoms with Gasteiger partial charge in [0.15, 0.2) is 5.96 Å². The van der Waals surface area contributed by atoms with Crippen LogP contribution in [0.1, 0.15) is 26.3 Å². The second kappa shape index (κ2) is 9.55. The van der Waals surface area contributed by atoms with Crippen molar-refractivity contribution in [1.29, 1.82) is 0 Å². The van der Waals surface area contributed by atoms with Crippen LogP contribution in [0.4, 0.5) is 4.39 Å². The standard InChI is InChI=1S/C14H21BrFN3.HI/c1-9(2)10(3)19-14(17-4)18-8-11-5-6-12(15)13(16)7-11;/h5-7,9-10H,8H2,1-4H3,(H2,17,18,19);1H. The fourth-order valence-electron chi connectivity index (χ4n) is 1.41. The van der Waals surface area contributed by atoms with E-state index in [0.717, 1.165) is 11.5 Å². The Morgan fingerprint density at radius 1 is 1.35 bits per heavy atom. The Kier molecular flexibility index (Phi) is 9.37. The zero-order valence-corrected chi connectivity index (χ0v) is 16.1. The summed E-state index contributed by atoms with van der Waals surface area (Å²) in [7, 11) is 1.73. The predicted molar refractivity (Wildman–Crippen MR) is 97.1 cm³/mol. The van der Waals surface area contributed by atoms with Gasteiger partial charge in [0.2, 0.25) is 0 Å². The maximum Gasteiger partial charge on any atom is 0.191 e. The lowest BCUT2D eigenvalue weighted by Crippen LogP contribution is -2.43. The highest BCUT2D eigenvalue weighted by atomic mass is 127. The highest BCUT2D eigenvalue weighted by molar-refractivity contribution is 14.0. The molecule has 1 atom stereocenters. The van der Waals surface area contributed by atoms with E-state index in [1.807, 2.05) is 6.07 Å². The maximum absolute atomic E-state index is 13.4. The molecule has 20 heavy (non-hydrogen) atoms. The van der Waals surface area contributed by atoms with E-state index in [1.165, 1.54) is 6.07 Å². The SMILES string of the molecule is CN=C(NCc1ccc(Br)c(F)c1)NC(C)C(C)C.I. The van der Waals surface area contributed by atoms with Gasteiger partial charge in [-0.2, -0.15) is 0 Å². The molecule has 1 unspecified atom stereocenters. The van der Waals surface area contributed by atoms with Gasteiger partial charge in [-0.3, -0.25) is 4.99 Å². The molecule has 0 heterocycles. The average Bonchev–Trinajstić information content (AvgIpc) is 2.37. The summed E-state index contributed by atoms with van der Waals surface area (Å²) in [6.45, 7) is 6.94. The van der Waals surface area contributed by atoms with Crippen LogP contribution in [0, 0.1) is 11.7 Å². The van der Waals surface area contributed by atoms with E-state index >= 15 is 0 Å². The van der Waals surface area contributed by atoms with Crippen molar-refractivity contribution in [2.24, 2.45) is 10.9 Å². The van der Waals surface area contributed by atoms with Crippen molar-refractivity contribution in [3.8, 4) is 0 Å². The van der Waals surface area contributed by atoms with E-state index in [-0.39, 0.29) is 29.8 Å². The van der Waals surface area contributed by atoms with E-state index in [9.17, 15) is 4.39 Å². The quantitative estimate of drug-likeness (QED) is 0.408. The van der Waals surface area contributed by atoms with E-state index in [0.29, 0.717) is 23.0 Å². The zero-order chi connectivity index (χ0) is 14.4. The largest absolute Gasteiger partial charge is 0.354 e. The first-order valence-electron chi connectivity index (χ1n) is 6.35. The molecule has 2 N–H and O–H groups in total. The Balaban J connectivity index is 0.00000361. The van der Waals surface area contributed by atoms with Crippen LogP contribution in [-0.2, 0) is 6.54 Å². The molecule has 0 aliphatic carbocycles. The number of halogens is 3. The van der Waals surface area contributed by atoms with Crippen molar-refractivity contribution in [3.05, 3.63) is 34.1 Å². The van der Waals surface area contributed by atoms with Crippen LogP contribution in [-0.4, -0.2) is 19.0 Å². The third-order valence-corrected chi connectivity index (χ3v) is 3.68. The lowest BCUT2D eigenvalue weighted by Gasteiger charge is -2.20. The fourth-order valence-corrected chi connectivity index (χ4v) is 1.66. The van der Waals surface area contributed by atoms with Gasteiger partial charge in [-0.1, -0.05) is 19.9 Å². The Hall–Kier alpha value is -0.370. The summed E-state index contributed by atoms with van der Waals surface area (Å²) in [5.74, 6) is 0.992. The molecular weight excluding hydrogens is 436 g/mol. The number of guanidine groups is 1. The molecule has 0 radical (unpaired) electrons. The van der Waals surface area contributed by atoms with Crippen LogP contribution in [0.25, 0.3) is 0 Å². The number of benzene rings is 1. The highest BCUT2D eigenvalue weighted by Gasteiger charge is 2.09. The molecule has 1 rings (SSSR count). The van der Waals surface area contributed by atoms with Gasteiger partial charge < -0.3 is 10.6 Å². The molecule has 0 aliphatic rings. The molecule has 0 amide bonds. The summed E-state index contributed by atoms with van der Waals surface area (Å²) in [6.07, 6.45) is 0. The van der Waals surface area contributed by atoms with Gasteiger partial charge in [-0.05, 0) is 46.5 Å². The van der Waals surface area contributed by atoms with Gasteiger partial charge in [0.1, 0.15) is 5.82 Å². The monoisotopic (exact) mass is 457 g/mol. The number of hydrogen-bond acceptors (Lipinski definition) is 1. The maximum atomic E-state index is 13.4. The first kappa shape index (κ1) is 19.6. The van der Waals surface area contributed by atoms with Crippen molar-refractivity contribution in [2.75, 3.05) is 7.05 Å². The Morgan fingerprint density at radius 2 is 2.00 bits per heavy atom. The number of nitrogens with one attached hydrogen (secondary N) is 2. The number of aliphatic imine (C=N–C) groups is 1. The molecule has 6 heteroatoms. The van der Waals surface area contributed by atoms with E-state index in [1.54, 1.807) is 13.1 Å². The summed E-state index contributed by atoms with van der Waals surface area (Å²) in [5.41, 5.74) is 0.876. The molecule has 0 saturated heterocycles. The molecule has 0 aromatic heterocycles. The fraction of sp³-hybridized carbons (Fsp3) is 0.500. The van der Waals surface area contributed by atoms with Crippen LogP contribution in [0.5, 0.6) is 0 Å². The third kappa shape index (κ3) is 6.39. The van der Waals surface area contributed by atoms with Gasteiger partial charge in [-0.15, -0.1) is 24.0 Å². The van der Waals surface area contributed by atoms with Crippen LogP contribution in [0.2, 0.25) is 0 Å². The number of rotatable bonds is 4. The van der Waals surface area contributed by atoms with Crippen LogP contribution in [0.15, 0.2) is 27.7 Å². The van der Waals surface area contributed by atoms with Crippen molar-refractivity contribution in [2.45, 2.75) is 33.4 Å². The minimum atomic E-state index is -0.252. The summed E-state index contributed by atoms with van der Waals surface area (Å²) in [4.78, 5) is 4.16. The van der Waals surface area contributed by atoms with Gasteiger partial charge in [0, 0.05) is 19.6 Å². The Bertz CT molecular complexity index is 452. The molecule has 0 saturated carbocycles. The second-order valence-corrected chi connectivity index (χ2v) is 5.71.